The first-order valence-corrected chi connectivity index (χ1v) is 12.1. The molecule has 0 spiro atoms. The van der Waals surface area contributed by atoms with E-state index in [1.807, 2.05) is 0 Å². The predicted octanol–water partition coefficient (Wildman–Crippen LogP) is 5.56. The van der Waals surface area contributed by atoms with Gasteiger partial charge < -0.3 is 20.0 Å². The number of hydrogen-bond donors (Lipinski definition) is 2. The third kappa shape index (κ3) is 8.90. The lowest BCUT2D eigenvalue weighted by Crippen LogP contribution is -2.46. The second-order valence-corrected chi connectivity index (χ2v) is 8.95. The van der Waals surface area contributed by atoms with Gasteiger partial charge in [-0.05, 0) is 24.2 Å². The van der Waals surface area contributed by atoms with Crippen LogP contribution in [-0.4, -0.2) is 82.1 Å². The number of carboxylic acids is 2. The van der Waals surface area contributed by atoms with Gasteiger partial charge in [0.05, 0.1) is 10.4 Å². The molecule has 0 unspecified atom stereocenters. The highest BCUT2D eigenvalue weighted by atomic mass is 35.5. The Hall–Kier alpha value is -3.24. The molecule has 1 saturated heterocycles. The second kappa shape index (κ2) is 13.2. The molecule has 0 atom stereocenters. The Morgan fingerprint density at radius 1 is 1.00 bits per heavy atom. The van der Waals surface area contributed by atoms with Gasteiger partial charge in [0.25, 0.3) is 0 Å². The van der Waals surface area contributed by atoms with E-state index < -0.39 is 30.1 Å². The normalized spacial score (nSPS) is 14.2. The van der Waals surface area contributed by atoms with Crippen molar-refractivity contribution in [1.29, 1.82) is 0 Å². The highest BCUT2D eigenvalue weighted by Gasteiger charge is 2.38. The first kappa shape index (κ1) is 32.0. The fourth-order valence-electron chi connectivity index (χ4n) is 3.25. The molecular formula is C22H20ClF7N4O4S. The smallest absolute Gasteiger partial charge is 0.475 e. The highest BCUT2D eigenvalue weighted by Crippen LogP contribution is 2.39. The van der Waals surface area contributed by atoms with Gasteiger partial charge in [0.2, 0.25) is 0 Å². The van der Waals surface area contributed by atoms with Crippen molar-refractivity contribution in [3.8, 4) is 11.1 Å². The van der Waals surface area contributed by atoms with Crippen LogP contribution in [0.15, 0.2) is 29.9 Å². The van der Waals surface area contributed by atoms with Gasteiger partial charge in [-0.2, -0.15) is 26.3 Å². The molecule has 1 aromatic carbocycles. The number of piperazine rings is 1. The number of thiophene rings is 1. The third-order valence-corrected chi connectivity index (χ3v) is 6.36. The van der Waals surface area contributed by atoms with Crippen LogP contribution in [-0.2, 0) is 9.59 Å². The summed E-state index contributed by atoms with van der Waals surface area (Å²) in [6.07, 6.45) is -8.54. The molecule has 1 aliphatic heterocycles. The number of aliphatic carboxylic acids is 2. The van der Waals surface area contributed by atoms with Crippen molar-refractivity contribution in [2.45, 2.75) is 19.3 Å². The Morgan fingerprint density at radius 2 is 1.54 bits per heavy atom. The number of aromatic nitrogens is 2. The Labute approximate surface area is 225 Å². The minimum atomic E-state index is -5.08. The zero-order valence-electron chi connectivity index (χ0n) is 19.9. The average molecular weight is 605 g/mol. The SMILES string of the molecule is CCN1CCN(c2ncnc3scc(-c4ccc(F)c(Cl)c4)c23)CC1.O=C(O)C(F)(F)F.O=C(O)C(F)(F)F. The summed E-state index contributed by atoms with van der Waals surface area (Å²) in [4.78, 5) is 32.5. The summed E-state index contributed by atoms with van der Waals surface area (Å²) in [5.74, 6) is -4.96. The summed E-state index contributed by atoms with van der Waals surface area (Å²) in [5, 5.41) is 17.5. The minimum absolute atomic E-state index is 0.131. The Kier molecular flexibility index (Phi) is 10.8. The molecule has 1 aliphatic rings. The number of rotatable bonds is 3. The van der Waals surface area contributed by atoms with Crippen molar-refractivity contribution in [2.75, 3.05) is 37.6 Å². The zero-order valence-corrected chi connectivity index (χ0v) is 21.4. The summed E-state index contributed by atoms with van der Waals surface area (Å²) in [7, 11) is 0. The first-order chi connectivity index (χ1) is 18.1. The van der Waals surface area contributed by atoms with Crippen molar-refractivity contribution in [2.24, 2.45) is 0 Å². The fourth-order valence-corrected chi connectivity index (χ4v) is 4.34. The quantitative estimate of drug-likeness (QED) is 0.375. The molecule has 2 aromatic heterocycles. The number of halogens is 8. The van der Waals surface area contributed by atoms with Gasteiger partial charge >= 0.3 is 24.3 Å². The predicted molar refractivity (Wildman–Crippen MR) is 130 cm³/mol. The van der Waals surface area contributed by atoms with Crippen LogP contribution in [0.5, 0.6) is 0 Å². The molecule has 0 aliphatic carbocycles. The van der Waals surface area contributed by atoms with Gasteiger partial charge in [0.15, 0.2) is 0 Å². The van der Waals surface area contributed by atoms with E-state index in [2.05, 4.69) is 32.1 Å². The monoisotopic (exact) mass is 604 g/mol. The van der Waals surface area contributed by atoms with Crippen LogP contribution in [0.1, 0.15) is 6.92 Å². The number of carboxylic acid groups (broad SMARTS) is 2. The number of fused-ring (bicyclic) bond motifs is 1. The number of carbonyl (C=O) groups is 2. The van der Waals surface area contributed by atoms with Gasteiger partial charge in [-0.15, -0.1) is 11.3 Å². The summed E-state index contributed by atoms with van der Waals surface area (Å²) in [6, 6.07) is 4.84. The van der Waals surface area contributed by atoms with Gasteiger partial charge in [-0.25, -0.2) is 23.9 Å². The van der Waals surface area contributed by atoms with Gasteiger partial charge in [-0.1, -0.05) is 24.6 Å². The van der Waals surface area contributed by atoms with E-state index in [1.165, 1.54) is 6.07 Å². The van der Waals surface area contributed by atoms with Crippen LogP contribution < -0.4 is 4.90 Å². The molecule has 4 rings (SSSR count). The van der Waals surface area contributed by atoms with E-state index in [9.17, 15) is 30.7 Å². The molecule has 1 fully saturated rings. The van der Waals surface area contributed by atoms with Crippen LogP contribution in [0, 0.1) is 5.82 Å². The molecule has 17 heteroatoms. The van der Waals surface area contributed by atoms with E-state index in [-0.39, 0.29) is 5.02 Å². The molecule has 3 aromatic rings. The number of alkyl halides is 6. The summed E-state index contributed by atoms with van der Waals surface area (Å²) in [5.41, 5.74) is 1.90. The Bertz CT molecular complexity index is 1270. The van der Waals surface area contributed by atoms with Gasteiger partial charge in [0.1, 0.15) is 22.8 Å². The molecule has 0 saturated carbocycles. The molecule has 214 valence electrons. The Morgan fingerprint density at radius 3 is 2.00 bits per heavy atom. The Balaban J connectivity index is 0.000000317. The molecule has 0 radical (unpaired) electrons. The van der Waals surface area contributed by atoms with E-state index in [0.29, 0.717) is 0 Å². The van der Waals surface area contributed by atoms with Crippen LogP contribution >= 0.6 is 22.9 Å². The lowest BCUT2D eigenvalue weighted by Gasteiger charge is -2.35. The molecule has 3 heterocycles. The van der Waals surface area contributed by atoms with Gasteiger partial charge in [-0.3, -0.25) is 0 Å². The maximum Gasteiger partial charge on any atom is 0.490 e. The first-order valence-electron chi connectivity index (χ1n) is 10.8. The van der Waals surface area contributed by atoms with E-state index in [0.717, 1.165) is 59.9 Å². The number of likely N-dealkylation sites (N-methyl/N-ethyl adjacent to an activating group) is 1. The second-order valence-electron chi connectivity index (χ2n) is 7.68. The van der Waals surface area contributed by atoms with Gasteiger partial charge in [0, 0.05) is 37.1 Å². The zero-order chi connectivity index (χ0) is 29.5. The van der Waals surface area contributed by atoms with Crippen LogP contribution in [0.3, 0.4) is 0 Å². The fraction of sp³-hybridized carbons (Fsp3) is 0.364. The summed E-state index contributed by atoms with van der Waals surface area (Å²) >= 11 is 7.56. The largest absolute Gasteiger partial charge is 0.490 e. The van der Waals surface area contributed by atoms with Crippen LogP contribution in [0.2, 0.25) is 5.02 Å². The molecule has 2 N–H and O–H groups in total. The van der Waals surface area contributed by atoms with Crippen LogP contribution in [0.4, 0.5) is 36.6 Å². The summed E-state index contributed by atoms with van der Waals surface area (Å²) in [6.45, 7) is 7.21. The van der Waals surface area contributed by atoms with E-state index in [1.54, 1.807) is 29.8 Å². The number of nitrogens with zero attached hydrogens (tertiary/aromatic N) is 4. The van der Waals surface area contributed by atoms with E-state index in [4.69, 9.17) is 31.4 Å². The standard InChI is InChI=1S/C18H18ClFN4S.2C2HF3O2/c1-2-23-5-7-24(8-6-23)17-16-13(10-25-18(16)22-11-21-17)12-3-4-15(20)14(19)9-12;2*3-2(4,5)1(6)7/h3-4,9-11H,2,5-8H2,1H3;2*(H,6,7). The van der Waals surface area contributed by atoms with Crippen LogP contribution in [0.25, 0.3) is 21.3 Å². The number of anilines is 1. The molecular weight excluding hydrogens is 585 g/mol. The average Bonchev–Trinajstić information content (AvgIpc) is 3.30. The van der Waals surface area contributed by atoms with Crippen molar-refractivity contribution in [3.63, 3.8) is 0 Å². The van der Waals surface area contributed by atoms with Crippen molar-refractivity contribution in [1.82, 2.24) is 14.9 Å². The third-order valence-electron chi connectivity index (χ3n) is 5.18. The van der Waals surface area contributed by atoms with E-state index >= 15 is 0 Å². The maximum atomic E-state index is 13.5. The van der Waals surface area contributed by atoms with Crippen molar-refractivity contribution >= 4 is 50.9 Å². The molecule has 0 bridgehead atoms. The topological polar surface area (TPSA) is 107 Å². The lowest BCUT2D eigenvalue weighted by molar-refractivity contribution is -0.193. The highest BCUT2D eigenvalue weighted by molar-refractivity contribution is 7.17. The molecule has 0 amide bonds. The molecule has 39 heavy (non-hydrogen) atoms. The summed E-state index contributed by atoms with van der Waals surface area (Å²) < 4.78 is 77.0. The lowest BCUT2D eigenvalue weighted by atomic mass is 10.1. The van der Waals surface area contributed by atoms with Crippen molar-refractivity contribution in [3.05, 3.63) is 40.7 Å². The number of hydrogen-bond acceptors (Lipinski definition) is 7. The minimum Gasteiger partial charge on any atom is -0.475 e. The number of benzene rings is 1. The van der Waals surface area contributed by atoms with Crippen molar-refractivity contribution < 1.29 is 50.5 Å². The molecule has 8 nitrogen and oxygen atoms in total. The maximum absolute atomic E-state index is 13.5.